The van der Waals surface area contributed by atoms with E-state index in [9.17, 15) is 8.42 Å². The number of aromatic nitrogens is 1. The number of halogens is 1. The number of pyridine rings is 1. The summed E-state index contributed by atoms with van der Waals surface area (Å²) in [6.07, 6.45) is 5.67. The summed E-state index contributed by atoms with van der Waals surface area (Å²) in [6.45, 7) is 0. The molecule has 0 amide bonds. The Bertz CT molecular complexity index is 469. The van der Waals surface area contributed by atoms with Crippen LogP contribution in [0, 0.1) is 0 Å². The largest absolute Gasteiger partial charge is 0.473 e. The molecule has 88 valence electrons. The van der Waals surface area contributed by atoms with Crippen LogP contribution < -0.4 is 4.74 Å². The Kier molecular flexibility index (Phi) is 3.35. The van der Waals surface area contributed by atoms with Crippen molar-refractivity contribution in [2.75, 3.05) is 0 Å². The quantitative estimate of drug-likeness (QED) is 0.784. The Hall–Kier alpha value is -0.810. The number of ether oxygens (including phenoxy) is 1. The van der Waals surface area contributed by atoms with Gasteiger partial charge in [-0.3, -0.25) is 0 Å². The zero-order valence-electron chi connectivity index (χ0n) is 8.60. The van der Waals surface area contributed by atoms with E-state index in [1.807, 2.05) is 0 Å². The molecule has 0 N–H and O–H groups in total. The highest BCUT2D eigenvalue weighted by atomic mass is 35.7. The lowest BCUT2D eigenvalue weighted by Crippen LogP contribution is -2.13. The zero-order valence-corrected chi connectivity index (χ0v) is 10.2. The van der Waals surface area contributed by atoms with Gasteiger partial charge in [-0.15, -0.1) is 0 Å². The Morgan fingerprint density at radius 2 is 2.06 bits per heavy atom. The molecule has 16 heavy (non-hydrogen) atoms. The lowest BCUT2D eigenvalue weighted by atomic mass is 10.3. The second-order valence-corrected chi connectivity index (χ2v) is 6.30. The molecule has 1 fully saturated rings. The van der Waals surface area contributed by atoms with E-state index in [1.54, 1.807) is 0 Å². The molecule has 0 aliphatic heterocycles. The first-order valence-electron chi connectivity index (χ1n) is 5.14. The predicted molar refractivity (Wildman–Crippen MR) is 60.2 cm³/mol. The van der Waals surface area contributed by atoms with Gasteiger partial charge in [-0.05, 0) is 37.8 Å². The van der Waals surface area contributed by atoms with Gasteiger partial charge in [-0.1, -0.05) is 0 Å². The molecule has 1 aromatic rings. The molecule has 6 heteroatoms. The molecule has 1 aliphatic rings. The van der Waals surface area contributed by atoms with Gasteiger partial charge in [-0.2, -0.15) is 0 Å². The number of hydrogen-bond acceptors (Lipinski definition) is 4. The fourth-order valence-electron chi connectivity index (χ4n) is 1.81. The minimum atomic E-state index is -3.79. The SMILES string of the molecule is O=S(=O)(Cl)c1cccnc1OC1CCCC1. The van der Waals surface area contributed by atoms with Gasteiger partial charge in [0, 0.05) is 16.9 Å². The van der Waals surface area contributed by atoms with Crippen LogP contribution in [0.1, 0.15) is 25.7 Å². The molecular weight excluding hydrogens is 250 g/mol. The highest BCUT2D eigenvalue weighted by Gasteiger charge is 2.22. The van der Waals surface area contributed by atoms with Gasteiger partial charge >= 0.3 is 0 Å². The van der Waals surface area contributed by atoms with Crippen molar-refractivity contribution in [2.45, 2.75) is 36.7 Å². The Morgan fingerprint density at radius 3 is 2.69 bits per heavy atom. The summed E-state index contributed by atoms with van der Waals surface area (Å²) in [5.41, 5.74) is 0. The normalized spacial score (nSPS) is 17.6. The molecule has 4 nitrogen and oxygen atoms in total. The van der Waals surface area contributed by atoms with Crippen molar-refractivity contribution in [1.29, 1.82) is 0 Å². The predicted octanol–water partition coefficient (Wildman–Crippen LogP) is 2.33. The van der Waals surface area contributed by atoms with Gasteiger partial charge in [0.15, 0.2) is 0 Å². The smallest absolute Gasteiger partial charge is 0.266 e. The first-order valence-corrected chi connectivity index (χ1v) is 7.44. The molecule has 0 unspecified atom stereocenters. The minimum Gasteiger partial charge on any atom is -0.473 e. The lowest BCUT2D eigenvalue weighted by molar-refractivity contribution is 0.195. The molecular formula is C10H12ClNO3S. The molecule has 1 aliphatic carbocycles. The van der Waals surface area contributed by atoms with Crippen molar-refractivity contribution >= 4 is 19.7 Å². The molecule has 1 aromatic heterocycles. The van der Waals surface area contributed by atoms with E-state index >= 15 is 0 Å². The van der Waals surface area contributed by atoms with Crippen molar-refractivity contribution in [1.82, 2.24) is 4.98 Å². The highest BCUT2D eigenvalue weighted by Crippen LogP contribution is 2.28. The van der Waals surface area contributed by atoms with Crippen LogP contribution in [0.4, 0.5) is 0 Å². The van der Waals surface area contributed by atoms with Crippen LogP contribution in [-0.2, 0) is 9.05 Å². The van der Waals surface area contributed by atoms with E-state index in [2.05, 4.69) is 4.98 Å². The van der Waals surface area contributed by atoms with Crippen LogP contribution in [0.5, 0.6) is 5.88 Å². The summed E-state index contributed by atoms with van der Waals surface area (Å²) < 4.78 is 28.1. The maximum Gasteiger partial charge on any atom is 0.266 e. The average molecular weight is 262 g/mol. The van der Waals surface area contributed by atoms with Crippen LogP contribution in [-0.4, -0.2) is 19.5 Å². The third kappa shape index (κ3) is 2.65. The van der Waals surface area contributed by atoms with Gasteiger partial charge in [0.2, 0.25) is 5.88 Å². The molecule has 2 rings (SSSR count). The Morgan fingerprint density at radius 1 is 1.38 bits per heavy atom. The summed E-state index contributed by atoms with van der Waals surface area (Å²) in [5, 5.41) is 0. The third-order valence-corrected chi connectivity index (χ3v) is 3.91. The van der Waals surface area contributed by atoms with E-state index in [0.29, 0.717) is 0 Å². The van der Waals surface area contributed by atoms with Crippen molar-refractivity contribution in [3.8, 4) is 5.88 Å². The monoisotopic (exact) mass is 261 g/mol. The number of hydrogen-bond donors (Lipinski definition) is 0. The van der Waals surface area contributed by atoms with Crippen LogP contribution in [0.25, 0.3) is 0 Å². The average Bonchev–Trinajstić information content (AvgIpc) is 2.70. The van der Waals surface area contributed by atoms with E-state index in [4.69, 9.17) is 15.4 Å². The van der Waals surface area contributed by atoms with E-state index < -0.39 is 9.05 Å². The van der Waals surface area contributed by atoms with E-state index in [0.717, 1.165) is 25.7 Å². The molecule has 1 saturated carbocycles. The van der Waals surface area contributed by atoms with Crippen LogP contribution in [0.2, 0.25) is 0 Å². The van der Waals surface area contributed by atoms with Crippen molar-refractivity contribution in [2.24, 2.45) is 0 Å². The van der Waals surface area contributed by atoms with Crippen molar-refractivity contribution < 1.29 is 13.2 Å². The Labute approximate surface area is 99.0 Å². The van der Waals surface area contributed by atoms with E-state index in [1.165, 1.54) is 18.3 Å². The third-order valence-electron chi connectivity index (χ3n) is 2.58. The minimum absolute atomic E-state index is 0.0523. The molecule has 1 heterocycles. The van der Waals surface area contributed by atoms with Crippen molar-refractivity contribution in [3.05, 3.63) is 18.3 Å². The molecule has 0 bridgehead atoms. The summed E-state index contributed by atoms with van der Waals surface area (Å²) in [6, 6.07) is 2.93. The second kappa shape index (κ2) is 4.59. The summed E-state index contributed by atoms with van der Waals surface area (Å²) >= 11 is 0. The number of rotatable bonds is 3. The maximum atomic E-state index is 11.3. The van der Waals surface area contributed by atoms with Crippen LogP contribution in [0.15, 0.2) is 23.2 Å². The Balaban J connectivity index is 2.26. The van der Waals surface area contributed by atoms with Crippen LogP contribution >= 0.6 is 10.7 Å². The first kappa shape index (κ1) is 11.7. The zero-order chi connectivity index (χ0) is 11.6. The van der Waals surface area contributed by atoms with Gasteiger partial charge in [0.1, 0.15) is 11.0 Å². The number of nitrogens with zero attached hydrogens (tertiary/aromatic N) is 1. The fraction of sp³-hybridized carbons (Fsp3) is 0.500. The highest BCUT2D eigenvalue weighted by molar-refractivity contribution is 8.13. The molecule has 0 spiro atoms. The second-order valence-electron chi connectivity index (χ2n) is 3.77. The van der Waals surface area contributed by atoms with Gasteiger partial charge in [-0.25, -0.2) is 13.4 Å². The van der Waals surface area contributed by atoms with Gasteiger partial charge in [0.25, 0.3) is 9.05 Å². The fourth-order valence-corrected chi connectivity index (χ4v) is 2.72. The maximum absolute atomic E-state index is 11.3. The topological polar surface area (TPSA) is 56.3 Å². The standard InChI is InChI=1S/C10H12ClNO3S/c11-16(13,14)9-6-3-7-12-10(9)15-8-4-1-2-5-8/h3,6-8H,1-2,4-5H2. The van der Waals surface area contributed by atoms with Crippen molar-refractivity contribution in [3.63, 3.8) is 0 Å². The van der Waals surface area contributed by atoms with Gasteiger partial charge in [0.05, 0.1) is 0 Å². The van der Waals surface area contributed by atoms with Crippen LogP contribution in [0.3, 0.4) is 0 Å². The summed E-state index contributed by atoms with van der Waals surface area (Å²) in [4.78, 5) is 3.87. The summed E-state index contributed by atoms with van der Waals surface area (Å²) in [5.74, 6) is 0.115. The molecule has 0 saturated heterocycles. The first-order chi connectivity index (χ1) is 7.57. The molecule has 0 radical (unpaired) electrons. The summed E-state index contributed by atoms with van der Waals surface area (Å²) in [7, 11) is 1.51. The molecule has 0 atom stereocenters. The molecule has 0 aromatic carbocycles. The van der Waals surface area contributed by atoms with E-state index in [-0.39, 0.29) is 16.9 Å². The lowest BCUT2D eigenvalue weighted by Gasteiger charge is -2.13. The van der Waals surface area contributed by atoms with Gasteiger partial charge < -0.3 is 4.74 Å².